The summed E-state index contributed by atoms with van der Waals surface area (Å²) in [5, 5.41) is 11.8. The van der Waals surface area contributed by atoms with Gasteiger partial charge in [0, 0.05) is 6.92 Å². The quantitative estimate of drug-likeness (QED) is 0.790. The molecule has 2 N–H and O–H groups in total. The first-order valence-corrected chi connectivity index (χ1v) is 5.28. The Labute approximate surface area is 95.2 Å². The van der Waals surface area contributed by atoms with Crippen molar-refractivity contribution in [2.75, 3.05) is 13.2 Å². The predicted octanol–water partition coefficient (Wildman–Crippen LogP) is 1.25. The SMILES string of the molecule is CCOc1ccc(C(CO)NC(C)=O)cc1. The molecule has 4 heteroatoms. The van der Waals surface area contributed by atoms with Crippen molar-refractivity contribution in [2.45, 2.75) is 19.9 Å². The summed E-state index contributed by atoms with van der Waals surface area (Å²) in [6.07, 6.45) is 0. The van der Waals surface area contributed by atoms with Gasteiger partial charge in [-0.15, -0.1) is 0 Å². The molecule has 0 bridgehead atoms. The van der Waals surface area contributed by atoms with E-state index in [-0.39, 0.29) is 18.6 Å². The van der Waals surface area contributed by atoms with Gasteiger partial charge in [0.15, 0.2) is 0 Å². The molecule has 1 amide bonds. The molecule has 0 aromatic heterocycles. The molecule has 0 saturated heterocycles. The highest BCUT2D eigenvalue weighted by atomic mass is 16.5. The zero-order valence-electron chi connectivity index (χ0n) is 9.56. The third kappa shape index (κ3) is 3.55. The van der Waals surface area contributed by atoms with Crippen LogP contribution in [0.5, 0.6) is 5.75 Å². The lowest BCUT2D eigenvalue weighted by atomic mass is 10.1. The van der Waals surface area contributed by atoms with E-state index in [1.54, 1.807) is 0 Å². The van der Waals surface area contributed by atoms with E-state index < -0.39 is 0 Å². The highest BCUT2D eigenvalue weighted by Gasteiger charge is 2.10. The fourth-order valence-electron chi connectivity index (χ4n) is 1.44. The van der Waals surface area contributed by atoms with Crippen LogP contribution in [0.2, 0.25) is 0 Å². The molecule has 1 aromatic carbocycles. The van der Waals surface area contributed by atoms with Crippen molar-refractivity contribution >= 4 is 5.91 Å². The molecular formula is C12H17NO3. The number of aliphatic hydroxyl groups excluding tert-OH is 1. The van der Waals surface area contributed by atoms with Crippen molar-refractivity contribution in [3.63, 3.8) is 0 Å². The number of aliphatic hydroxyl groups is 1. The van der Waals surface area contributed by atoms with Gasteiger partial charge in [-0.1, -0.05) is 12.1 Å². The number of benzene rings is 1. The van der Waals surface area contributed by atoms with E-state index in [1.807, 2.05) is 31.2 Å². The smallest absolute Gasteiger partial charge is 0.217 e. The Morgan fingerprint density at radius 3 is 2.50 bits per heavy atom. The lowest BCUT2D eigenvalue weighted by Crippen LogP contribution is -2.28. The topological polar surface area (TPSA) is 58.6 Å². The first-order valence-electron chi connectivity index (χ1n) is 5.28. The zero-order valence-corrected chi connectivity index (χ0v) is 9.56. The largest absolute Gasteiger partial charge is 0.494 e. The molecule has 1 unspecified atom stereocenters. The van der Waals surface area contributed by atoms with E-state index in [0.717, 1.165) is 11.3 Å². The van der Waals surface area contributed by atoms with Gasteiger partial charge in [0.05, 0.1) is 19.3 Å². The van der Waals surface area contributed by atoms with Gasteiger partial charge in [-0.2, -0.15) is 0 Å². The molecule has 88 valence electrons. The van der Waals surface area contributed by atoms with E-state index in [4.69, 9.17) is 9.84 Å². The monoisotopic (exact) mass is 223 g/mol. The van der Waals surface area contributed by atoms with E-state index >= 15 is 0 Å². The molecule has 0 aliphatic rings. The van der Waals surface area contributed by atoms with Crippen molar-refractivity contribution in [3.05, 3.63) is 29.8 Å². The van der Waals surface area contributed by atoms with Crippen LogP contribution in [0.15, 0.2) is 24.3 Å². The van der Waals surface area contributed by atoms with E-state index in [9.17, 15) is 4.79 Å². The molecular weight excluding hydrogens is 206 g/mol. The second-order valence-corrected chi connectivity index (χ2v) is 3.44. The minimum absolute atomic E-state index is 0.117. The zero-order chi connectivity index (χ0) is 12.0. The fraction of sp³-hybridized carbons (Fsp3) is 0.417. The summed E-state index contributed by atoms with van der Waals surface area (Å²) in [5.74, 6) is 0.624. The first kappa shape index (κ1) is 12.5. The van der Waals surface area contributed by atoms with Gasteiger partial charge in [-0.3, -0.25) is 4.79 Å². The highest BCUT2D eigenvalue weighted by molar-refractivity contribution is 5.73. The molecule has 0 radical (unpaired) electrons. The lowest BCUT2D eigenvalue weighted by Gasteiger charge is -2.15. The van der Waals surface area contributed by atoms with Crippen molar-refractivity contribution in [1.29, 1.82) is 0 Å². The molecule has 0 spiro atoms. The van der Waals surface area contributed by atoms with Gasteiger partial charge in [0.2, 0.25) is 5.91 Å². The van der Waals surface area contributed by atoms with Crippen LogP contribution in [0, 0.1) is 0 Å². The molecule has 1 aromatic rings. The Kier molecular flexibility index (Phi) is 4.79. The summed E-state index contributed by atoms with van der Waals surface area (Å²) in [6, 6.07) is 6.96. The number of ether oxygens (including phenoxy) is 1. The predicted molar refractivity (Wildman–Crippen MR) is 61.3 cm³/mol. The van der Waals surface area contributed by atoms with Gasteiger partial charge in [0.1, 0.15) is 5.75 Å². The first-order chi connectivity index (χ1) is 7.67. The molecule has 16 heavy (non-hydrogen) atoms. The van der Waals surface area contributed by atoms with Gasteiger partial charge in [-0.05, 0) is 24.6 Å². The molecule has 1 atom stereocenters. The number of nitrogens with one attached hydrogen (secondary N) is 1. The maximum atomic E-state index is 10.9. The summed E-state index contributed by atoms with van der Waals surface area (Å²) in [5.41, 5.74) is 0.862. The molecule has 0 heterocycles. The van der Waals surface area contributed by atoms with Gasteiger partial charge < -0.3 is 15.2 Å². The minimum atomic E-state index is -0.354. The number of hydrogen-bond donors (Lipinski definition) is 2. The fourth-order valence-corrected chi connectivity index (χ4v) is 1.44. The number of amides is 1. The summed E-state index contributed by atoms with van der Waals surface area (Å²) >= 11 is 0. The average Bonchev–Trinajstić information content (AvgIpc) is 2.27. The van der Waals surface area contributed by atoms with Gasteiger partial charge in [0.25, 0.3) is 0 Å². The minimum Gasteiger partial charge on any atom is -0.494 e. The highest BCUT2D eigenvalue weighted by Crippen LogP contribution is 2.17. The van der Waals surface area contributed by atoms with Crippen molar-refractivity contribution in [2.24, 2.45) is 0 Å². The molecule has 0 saturated carbocycles. The molecule has 0 fully saturated rings. The van der Waals surface area contributed by atoms with Crippen LogP contribution in [0.4, 0.5) is 0 Å². The van der Waals surface area contributed by atoms with Crippen molar-refractivity contribution in [3.8, 4) is 5.75 Å². The summed E-state index contributed by atoms with van der Waals surface area (Å²) in [7, 11) is 0. The van der Waals surface area contributed by atoms with E-state index in [0.29, 0.717) is 6.61 Å². The Morgan fingerprint density at radius 1 is 1.44 bits per heavy atom. The van der Waals surface area contributed by atoms with E-state index in [1.165, 1.54) is 6.92 Å². The second-order valence-electron chi connectivity index (χ2n) is 3.44. The van der Waals surface area contributed by atoms with Crippen molar-refractivity contribution in [1.82, 2.24) is 5.32 Å². The van der Waals surface area contributed by atoms with Crippen molar-refractivity contribution < 1.29 is 14.6 Å². The summed E-state index contributed by atoms with van der Waals surface area (Å²) in [4.78, 5) is 10.9. The molecule has 0 aliphatic heterocycles. The van der Waals surface area contributed by atoms with Crippen LogP contribution in [-0.2, 0) is 4.79 Å². The Balaban J connectivity index is 2.73. The standard InChI is InChI=1S/C12H17NO3/c1-3-16-11-6-4-10(5-7-11)12(8-14)13-9(2)15/h4-7,12,14H,3,8H2,1-2H3,(H,13,15). The number of carbonyl (C=O) groups excluding carboxylic acids is 1. The normalized spacial score (nSPS) is 11.9. The lowest BCUT2D eigenvalue weighted by molar-refractivity contribution is -0.120. The Bertz CT molecular complexity index is 335. The molecule has 0 aliphatic carbocycles. The summed E-state index contributed by atoms with van der Waals surface area (Å²) < 4.78 is 5.31. The average molecular weight is 223 g/mol. The third-order valence-corrected chi connectivity index (χ3v) is 2.15. The van der Waals surface area contributed by atoms with E-state index in [2.05, 4.69) is 5.32 Å². The molecule has 4 nitrogen and oxygen atoms in total. The third-order valence-electron chi connectivity index (χ3n) is 2.15. The van der Waals surface area contributed by atoms with Crippen LogP contribution in [0.25, 0.3) is 0 Å². The van der Waals surface area contributed by atoms with Gasteiger partial charge >= 0.3 is 0 Å². The van der Waals surface area contributed by atoms with Crippen LogP contribution >= 0.6 is 0 Å². The molecule has 1 rings (SSSR count). The summed E-state index contributed by atoms with van der Waals surface area (Å²) in [6.45, 7) is 3.85. The van der Waals surface area contributed by atoms with Crippen LogP contribution < -0.4 is 10.1 Å². The van der Waals surface area contributed by atoms with Crippen LogP contribution in [-0.4, -0.2) is 24.2 Å². The number of rotatable bonds is 5. The maximum Gasteiger partial charge on any atom is 0.217 e. The maximum absolute atomic E-state index is 10.9. The number of hydrogen-bond acceptors (Lipinski definition) is 3. The Hall–Kier alpha value is -1.55. The number of carbonyl (C=O) groups is 1. The Morgan fingerprint density at radius 2 is 2.06 bits per heavy atom. The van der Waals surface area contributed by atoms with Crippen LogP contribution in [0.1, 0.15) is 25.5 Å². The van der Waals surface area contributed by atoms with Crippen LogP contribution in [0.3, 0.4) is 0 Å². The second kappa shape index (κ2) is 6.12. The van der Waals surface area contributed by atoms with Gasteiger partial charge in [-0.25, -0.2) is 0 Å².